The summed E-state index contributed by atoms with van der Waals surface area (Å²) in [6.07, 6.45) is 1.92. The van der Waals surface area contributed by atoms with E-state index in [0.717, 1.165) is 16.6 Å². The second-order valence-electron chi connectivity index (χ2n) is 4.77. The van der Waals surface area contributed by atoms with Crippen molar-refractivity contribution in [3.8, 4) is 6.07 Å². The van der Waals surface area contributed by atoms with Crippen LogP contribution >= 0.6 is 0 Å². The Morgan fingerprint density at radius 1 is 1.10 bits per heavy atom. The van der Waals surface area contributed by atoms with Crippen molar-refractivity contribution in [2.45, 2.75) is 6.54 Å². The Labute approximate surface area is 121 Å². The van der Waals surface area contributed by atoms with E-state index in [-0.39, 0.29) is 0 Å². The molecular formula is C15H12BN3O2. The number of hydrogen-bond donors (Lipinski definition) is 2. The number of fused-ring (bicyclic) bond motifs is 1. The molecule has 0 aliphatic carbocycles. The van der Waals surface area contributed by atoms with Crippen molar-refractivity contribution in [2.75, 3.05) is 0 Å². The van der Waals surface area contributed by atoms with E-state index in [4.69, 9.17) is 15.3 Å². The first-order valence-corrected chi connectivity index (χ1v) is 6.48. The highest BCUT2D eigenvalue weighted by Gasteiger charge is 2.10. The molecule has 102 valence electrons. The van der Waals surface area contributed by atoms with Crippen molar-refractivity contribution in [2.24, 2.45) is 0 Å². The van der Waals surface area contributed by atoms with Crippen LogP contribution in [-0.2, 0) is 6.54 Å². The lowest BCUT2D eigenvalue weighted by molar-refractivity contribution is 0.426. The summed E-state index contributed by atoms with van der Waals surface area (Å²) in [7, 11) is -1.44. The van der Waals surface area contributed by atoms with E-state index in [9.17, 15) is 0 Å². The Morgan fingerprint density at radius 3 is 2.52 bits per heavy atom. The van der Waals surface area contributed by atoms with E-state index in [0.29, 0.717) is 17.7 Å². The molecule has 21 heavy (non-hydrogen) atoms. The van der Waals surface area contributed by atoms with Gasteiger partial charge in [-0.1, -0.05) is 24.3 Å². The minimum absolute atomic E-state index is 0.404. The van der Waals surface area contributed by atoms with E-state index < -0.39 is 7.12 Å². The first-order valence-electron chi connectivity index (χ1n) is 6.48. The smallest absolute Gasteiger partial charge is 0.423 e. The summed E-state index contributed by atoms with van der Waals surface area (Å²) in [5, 5.41) is 27.0. The quantitative estimate of drug-likeness (QED) is 0.688. The summed E-state index contributed by atoms with van der Waals surface area (Å²) in [5.74, 6) is 0. The fourth-order valence-corrected chi connectivity index (χ4v) is 2.27. The molecule has 5 nitrogen and oxygen atoms in total. The lowest BCUT2D eigenvalue weighted by Crippen LogP contribution is -2.29. The van der Waals surface area contributed by atoms with Crippen LogP contribution in [0, 0.1) is 11.3 Å². The Kier molecular flexibility index (Phi) is 3.44. The van der Waals surface area contributed by atoms with Crippen LogP contribution in [0.5, 0.6) is 0 Å². The number of rotatable bonds is 3. The van der Waals surface area contributed by atoms with Crippen LogP contribution < -0.4 is 5.46 Å². The maximum absolute atomic E-state index is 9.08. The Morgan fingerprint density at radius 2 is 1.86 bits per heavy atom. The van der Waals surface area contributed by atoms with E-state index in [1.807, 2.05) is 41.1 Å². The van der Waals surface area contributed by atoms with Gasteiger partial charge in [-0.2, -0.15) is 5.26 Å². The van der Waals surface area contributed by atoms with Gasteiger partial charge in [0.15, 0.2) is 0 Å². The molecule has 0 spiro atoms. The van der Waals surface area contributed by atoms with Gasteiger partial charge in [-0.25, -0.2) is 4.98 Å². The molecule has 0 saturated heterocycles. The topological polar surface area (TPSA) is 82.1 Å². The predicted molar refractivity (Wildman–Crippen MR) is 79.8 cm³/mol. The minimum atomic E-state index is -1.44. The van der Waals surface area contributed by atoms with Gasteiger partial charge in [0.05, 0.1) is 11.0 Å². The van der Waals surface area contributed by atoms with Gasteiger partial charge in [-0.05, 0) is 29.2 Å². The van der Waals surface area contributed by atoms with Crippen LogP contribution in [0.4, 0.5) is 0 Å². The Hall–Kier alpha value is -2.62. The summed E-state index contributed by atoms with van der Waals surface area (Å²) in [5.41, 5.74) is 3.66. The fourth-order valence-electron chi connectivity index (χ4n) is 2.27. The van der Waals surface area contributed by atoms with Gasteiger partial charge in [0.1, 0.15) is 11.8 Å². The average molecular weight is 277 g/mol. The summed E-state index contributed by atoms with van der Waals surface area (Å²) in [6.45, 7) is 0.652. The van der Waals surface area contributed by atoms with Gasteiger partial charge in [0.25, 0.3) is 0 Å². The molecule has 3 rings (SSSR count). The highest BCUT2D eigenvalue weighted by Crippen LogP contribution is 2.15. The highest BCUT2D eigenvalue weighted by atomic mass is 16.4. The molecule has 0 aliphatic rings. The Bertz CT molecular complexity index is 819. The molecule has 6 heteroatoms. The van der Waals surface area contributed by atoms with Crippen molar-refractivity contribution in [3.05, 3.63) is 59.9 Å². The van der Waals surface area contributed by atoms with E-state index in [2.05, 4.69) is 4.98 Å². The number of benzene rings is 1. The van der Waals surface area contributed by atoms with Crippen molar-refractivity contribution in [1.82, 2.24) is 9.55 Å². The molecule has 0 radical (unpaired) electrons. The summed E-state index contributed by atoms with van der Waals surface area (Å²) in [6, 6.07) is 14.6. The van der Waals surface area contributed by atoms with E-state index >= 15 is 0 Å². The summed E-state index contributed by atoms with van der Waals surface area (Å²) >= 11 is 0. The number of aromatic nitrogens is 2. The third kappa shape index (κ3) is 2.65. The van der Waals surface area contributed by atoms with Crippen LogP contribution in [0.15, 0.2) is 48.7 Å². The average Bonchev–Trinajstić information content (AvgIpc) is 2.90. The lowest BCUT2D eigenvalue weighted by Gasteiger charge is -2.07. The van der Waals surface area contributed by atoms with Crippen molar-refractivity contribution < 1.29 is 10.0 Å². The maximum atomic E-state index is 9.08. The van der Waals surface area contributed by atoms with Crippen molar-refractivity contribution >= 4 is 23.6 Å². The predicted octanol–water partition coefficient (Wildman–Crippen LogP) is 0.636. The molecule has 0 aliphatic heterocycles. The first-order chi connectivity index (χ1) is 10.2. The second-order valence-corrected chi connectivity index (χ2v) is 4.77. The molecule has 0 saturated carbocycles. The molecule has 1 aromatic carbocycles. The number of nitrogens with zero attached hydrogens (tertiary/aromatic N) is 3. The largest absolute Gasteiger partial charge is 0.488 e. The highest BCUT2D eigenvalue weighted by molar-refractivity contribution is 6.58. The number of pyridine rings is 1. The molecule has 2 N–H and O–H groups in total. The SMILES string of the molecule is N#Cc1ccc2c(ccn2Cc2ccc(B(O)O)cc2)n1. The van der Waals surface area contributed by atoms with Gasteiger partial charge in [0.2, 0.25) is 0 Å². The van der Waals surface area contributed by atoms with Crippen LogP contribution in [-0.4, -0.2) is 26.7 Å². The maximum Gasteiger partial charge on any atom is 0.488 e. The van der Waals surface area contributed by atoms with Crippen LogP contribution in [0.25, 0.3) is 11.0 Å². The van der Waals surface area contributed by atoms with Crippen molar-refractivity contribution in [3.63, 3.8) is 0 Å². The molecule has 2 aromatic heterocycles. The lowest BCUT2D eigenvalue weighted by atomic mass is 9.80. The zero-order valence-electron chi connectivity index (χ0n) is 11.1. The molecule has 3 aromatic rings. The van der Waals surface area contributed by atoms with Gasteiger partial charge < -0.3 is 14.6 Å². The summed E-state index contributed by atoms with van der Waals surface area (Å²) < 4.78 is 2.04. The number of nitriles is 1. The normalized spacial score (nSPS) is 10.5. The summed E-state index contributed by atoms with van der Waals surface area (Å²) in [4.78, 5) is 4.25. The van der Waals surface area contributed by atoms with E-state index in [1.54, 1.807) is 18.2 Å². The zero-order valence-corrected chi connectivity index (χ0v) is 11.1. The third-order valence-electron chi connectivity index (χ3n) is 3.37. The van der Waals surface area contributed by atoms with Crippen LogP contribution in [0.3, 0.4) is 0 Å². The molecule has 2 heterocycles. The standard InChI is InChI=1S/C15H12BN3O2/c17-9-13-5-6-15-14(18-13)7-8-19(15)10-11-1-3-12(4-2-11)16(20)21/h1-8,20-21H,10H2. The molecule has 0 unspecified atom stereocenters. The Balaban J connectivity index is 1.89. The molecule has 0 atom stereocenters. The fraction of sp³-hybridized carbons (Fsp3) is 0.0667. The van der Waals surface area contributed by atoms with Crippen LogP contribution in [0.2, 0.25) is 0 Å². The van der Waals surface area contributed by atoms with Gasteiger partial charge in [-0.3, -0.25) is 0 Å². The van der Waals surface area contributed by atoms with Crippen molar-refractivity contribution in [1.29, 1.82) is 5.26 Å². The minimum Gasteiger partial charge on any atom is -0.423 e. The number of hydrogen-bond acceptors (Lipinski definition) is 4. The van der Waals surface area contributed by atoms with E-state index in [1.165, 1.54) is 0 Å². The van der Waals surface area contributed by atoms with Gasteiger partial charge >= 0.3 is 7.12 Å². The van der Waals surface area contributed by atoms with Gasteiger partial charge in [0, 0.05) is 12.7 Å². The third-order valence-corrected chi connectivity index (χ3v) is 3.37. The molecular weight excluding hydrogens is 265 g/mol. The second kappa shape index (κ2) is 5.41. The molecule has 0 fully saturated rings. The molecule has 0 bridgehead atoms. The van der Waals surface area contributed by atoms with Gasteiger partial charge in [-0.15, -0.1) is 0 Å². The monoisotopic (exact) mass is 277 g/mol. The zero-order chi connectivity index (χ0) is 14.8. The first kappa shape index (κ1) is 13.4. The van der Waals surface area contributed by atoms with Crippen LogP contribution in [0.1, 0.15) is 11.3 Å². The molecule has 0 amide bonds.